The first-order valence-corrected chi connectivity index (χ1v) is 0. The largest absolute Gasteiger partial charge is 0.412 e. The molecule has 0 radical (unpaired) electrons. The van der Waals surface area contributed by atoms with E-state index in [4.69, 9.17) is 0 Å². The molecule has 0 saturated heterocycles. The van der Waals surface area contributed by atoms with Crippen LogP contribution in [0.25, 0.3) is 0 Å². The van der Waals surface area contributed by atoms with Crippen molar-refractivity contribution in [2.24, 2.45) is 0 Å². The Morgan fingerprint density at radius 1 is 0.200 bits per heavy atom. The van der Waals surface area contributed by atoms with Gasteiger partial charge in [0, 0.05) is 0 Å². The first-order chi connectivity index (χ1) is 0. The smallest absolute Gasteiger partial charge is 0.0776 e. The van der Waals surface area contributed by atoms with E-state index in [0.717, 1.165) is 0 Å². The molecule has 0 saturated carbocycles. The van der Waals surface area contributed by atoms with E-state index in [1.165, 1.54) is 0 Å². The molecule has 0 heterocycles. The number of hydrogen-bond acceptors (Lipinski definition) is 0. The maximum atomic E-state index is 0. The molecule has 0 spiro atoms. The second-order valence-electron chi connectivity index (χ2n) is 0. The van der Waals surface area contributed by atoms with Gasteiger partial charge in [0.1, 0.15) is 0 Å². The third kappa shape index (κ3) is 14300. The van der Waals surface area contributed by atoms with Gasteiger partial charge in [-0.15, -0.1) is 0 Å². The van der Waals surface area contributed by atoms with Gasteiger partial charge in [-0.2, -0.15) is 0 Å². The Hall–Kier alpha value is -0.160. The molecule has 0 aliphatic carbocycles. The summed E-state index contributed by atoms with van der Waals surface area (Å²) in [6.45, 7) is 0. The van der Waals surface area contributed by atoms with Crippen LogP contribution in [0.1, 0.15) is 44.6 Å². The van der Waals surface area contributed by atoms with Gasteiger partial charge in [-0.25, -0.2) is 0 Å². The highest BCUT2D eigenvalue weighted by molar-refractivity contribution is 2.51. The number of rotatable bonds is 0. The van der Waals surface area contributed by atoms with Gasteiger partial charge in [0.05, 0.1) is 0 Å². The van der Waals surface area contributed by atoms with Gasteiger partial charge in [0.2, 0.25) is 0 Å². The lowest BCUT2D eigenvalue weighted by atomic mass is 12.0. The average Bonchev–Trinajstić information content (AvgIpc) is 0. The molecule has 10 heavy (non-hydrogen) atoms. The molecule has 0 unspecified atom stereocenters. The highest BCUT2D eigenvalue weighted by atomic mass is 16.0. The van der Waals surface area contributed by atoms with Gasteiger partial charge in [0.15, 0.2) is 0 Å². The Labute approximate surface area is 67.5 Å². The predicted molar refractivity (Wildman–Crippen MR) is 54.8 cm³/mol. The Morgan fingerprint density at radius 3 is 0.200 bits per heavy atom. The lowest BCUT2D eigenvalue weighted by molar-refractivity contribution is 0.823. The summed E-state index contributed by atoms with van der Waals surface area (Å²) in [7, 11) is 0. The molecule has 4 nitrogen and oxygen atoms in total. The van der Waals surface area contributed by atoms with E-state index in [-0.39, 0.29) is 66.5 Å². The van der Waals surface area contributed by atoms with E-state index in [1.54, 1.807) is 0 Å². The third-order valence-corrected chi connectivity index (χ3v) is 0. The lowest BCUT2D eigenvalue weighted by Gasteiger charge is -0.413. The molecule has 0 aromatic carbocycles. The SMILES string of the molecule is C.C.C.C.C.C.O.O.O.O. The van der Waals surface area contributed by atoms with Crippen LogP contribution >= 0.6 is 0 Å². The molecular formula is C6H32O4. The molecule has 0 aliphatic heterocycles. The van der Waals surface area contributed by atoms with Crippen LogP contribution in [0.4, 0.5) is 0 Å². The van der Waals surface area contributed by atoms with Gasteiger partial charge in [-0.3, -0.25) is 0 Å². The van der Waals surface area contributed by atoms with E-state index in [9.17, 15) is 0 Å². The topological polar surface area (TPSA) is 126 Å². The standard InChI is InChI=1S/6CH4.4H2O/h6*1H4;4*1H2. The minimum Gasteiger partial charge on any atom is -0.412 e. The molecule has 0 bridgehead atoms. The van der Waals surface area contributed by atoms with Crippen LogP contribution in [-0.2, 0) is 0 Å². The first-order valence-electron chi connectivity index (χ1n) is 0. The molecule has 80 valence electrons. The Balaban J connectivity index is 0. The molecule has 0 fully saturated rings. The van der Waals surface area contributed by atoms with Crippen molar-refractivity contribution in [2.45, 2.75) is 44.6 Å². The zero-order valence-corrected chi connectivity index (χ0v) is 2.00. The van der Waals surface area contributed by atoms with Crippen molar-refractivity contribution < 1.29 is 21.9 Å². The molecule has 0 aromatic heterocycles. The third-order valence-electron chi connectivity index (χ3n) is 0. The maximum absolute atomic E-state index is 0. The van der Waals surface area contributed by atoms with Crippen LogP contribution < -0.4 is 0 Å². The first kappa shape index (κ1) is 30000. The van der Waals surface area contributed by atoms with Crippen molar-refractivity contribution in [1.29, 1.82) is 0 Å². The van der Waals surface area contributed by atoms with Crippen LogP contribution in [0.15, 0.2) is 0 Å². The van der Waals surface area contributed by atoms with Crippen molar-refractivity contribution in [2.75, 3.05) is 0 Å². The highest BCUT2D eigenvalue weighted by Gasteiger charge is -0.0725. The summed E-state index contributed by atoms with van der Waals surface area (Å²) in [5.74, 6) is 0. The van der Waals surface area contributed by atoms with Gasteiger partial charge in [0.25, 0.3) is 0 Å². The predicted octanol–water partition coefficient (Wildman–Crippen LogP) is 0.518. The van der Waals surface area contributed by atoms with Crippen molar-refractivity contribution in [3.05, 3.63) is 0 Å². The summed E-state index contributed by atoms with van der Waals surface area (Å²) < 4.78 is 0. The van der Waals surface area contributed by atoms with Crippen LogP contribution in [0.3, 0.4) is 0 Å². The van der Waals surface area contributed by atoms with Gasteiger partial charge >= 0.3 is 0 Å². The zero-order valence-electron chi connectivity index (χ0n) is 2.00. The normalized spacial score (nSPS) is 0. The van der Waals surface area contributed by atoms with Crippen LogP contribution in [-0.4, -0.2) is 21.9 Å². The van der Waals surface area contributed by atoms with Crippen molar-refractivity contribution in [1.82, 2.24) is 0 Å². The quantitative estimate of drug-likeness (QED) is 0.500. The Bertz CT molecular complexity index is 9.71. The van der Waals surface area contributed by atoms with Gasteiger partial charge < -0.3 is 21.9 Å². The maximum Gasteiger partial charge on any atom is -0.0776 e. The minimum atomic E-state index is 0. The highest BCUT2D eigenvalue weighted by Crippen LogP contribution is 0.149. The Morgan fingerprint density at radius 2 is 0.200 bits per heavy atom. The Kier molecular flexibility index (Phi) is 63800000. The van der Waals surface area contributed by atoms with Crippen LogP contribution in [0, 0.1) is 0 Å². The summed E-state index contributed by atoms with van der Waals surface area (Å²) in [5.41, 5.74) is 0. The van der Waals surface area contributed by atoms with Crippen molar-refractivity contribution >= 4 is 0 Å². The second-order valence-corrected chi connectivity index (χ2v) is 0. The molecule has 0 aromatic rings. The number of hydrogen-bond donors (Lipinski definition) is 0. The summed E-state index contributed by atoms with van der Waals surface area (Å²) in [6, 6.07) is 0. The molecule has 0 aliphatic rings. The molecule has 0 amide bonds. The average molecular weight is 168 g/mol. The zero-order chi connectivity index (χ0) is 0. The van der Waals surface area contributed by atoms with Crippen LogP contribution in [0.5, 0.6) is 0 Å². The summed E-state index contributed by atoms with van der Waals surface area (Å²) in [4.78, 5) is 0. The van der Waals surface area contributed by atoms with E-state index in [0.29, 0.717) is 0 Å². The van der Waals surface area contributed by atoms with Crippen molar-refractivity contribution in [3.8, 4) is 0 Å². The molecular weight excluding hydrogens is 136 g/mol. The fourth-order valence-electron chi connectivity index (χ4n) is 0. The monoisotopic (exact) mass is 168 g/mol. The van der Waals surface area contributed by atoms with Gasteiger partial charge in [-0.1, -0.05) is 44.6 Å². The molecule has 4 heteroatoms. The summed E-state index contributed by atoms with van der Waals surface area (Å²) >= 11 is 0. The van der Waals surface area contributed by atoms with E-state index in [1.807, 2.05) is 0 Å². The summed E-state index contributed by atoms with van der Waals surface area (Å²) in [6.07, 6.45) is 0. The van der Waals surface area contributed by atoms with Crippen molar-refractivity contribution in [3.63, 3.8) is 0 Å². The fraction of sp³-hybridized carbons (Fsp3) is 1.00. The van der Waals surface area contributed by atoms with Crippen LogP contribution in [0.2, 0.25) is 0 Å². The second kappa shape index (κ2) is 21200. The van der Waals surface area contributed by atoms with E-state index in [2.05, 4.69) is 0 Å². The van der Waals surface area contributed by atoms with Gasteiger partial charge in [-0.05, 0) is 0 Å². The molecule has 8 N–H and O–H groups in total. The van der Waals surface area contributed by atoms with E-state index >= 15 is 0 Å². The summed E-state index contributed by atoms with van der Waals surface area (Å²) in [5, 5.41) is 0. The van der Waals surface area contributed by atoms with E-state index < -0.39 is 0 Å². The molecule has 0 rings (SSSR count). The lowest BCUT2D eigenvalue weighted by Crippen LogP contribution is -0.290. The minimum absolute atomic E-state index is 0. The fourth-order valence-corrected chi connectivity index (χ4v) is 0. The molecule has 0 atom stereocenters.